The summed E-state index contributed by atoms with van der Waals surface area (Å²) in [5.74, 6) is 1.48. The van der Waals surface area contributed by atoms with Gasteiger partial charge < -0.3 is 10.6 Å². The molecule has 22 heavy (non-hydrogen) atoms. The minimum absolute atomic E-state index is 0.737. The van der Waals surface area contributed by atoms with Gasteiger partial charge in [-0.25, -0.2) is 9.97 Å². The molecule has 0 spiro atoms. The Balaban J connectivity index is 1.65. The number of benzene rings is 2. The average Bonchev–Trinajstić information content (AvgIpc) is 2.57. The van der Waals surface area contributed by atoms with Crippen LogP contribution in [-0.4, -0.2) is 9.97 Å². The molecule has 0 fully saturated rings. The van der Waals surface area contributed by atoms with Gasteiger partial charge in [-0.15, -0.1) is 0 Å². The fourth-order valence-corrected chi connectivity index (χ4v) is 1.96. The van der Waals surface area contributed by atoms with E-state index in [1.54, 1.807) is 0 Å². The quantitative estimate of drug-likeness (QED) is 0.734. The lowest BCUT2D eigenvalue weighted by atomic mass is 10.2. The van der Waals surface area contributed by atoms with Crippen molar-refractivity contribution in [2.45, 2.75) is 0 Å². The fraction of sp³-hybridized carbons (Fsp3) is 0. The number of rotatable bonds is 5. The zero-order valence-electron chi connectivity index (χ0n) is 12.0. The van der Waals surface area contributed by atoms with E-state index in [1.807, 2.05) is 79.0 Å². The molecule has 2 N–H and O–H groups in total. The van der Waals surface area contributed by atoms with E-state index in [4.69, 9.17) is 0 Å². The highest BCUT2D eigenvalue weighted by Crippen LogP contribution is 2.15. The van der Waals surface area contributed by atoms with E-state index < -0.39 is 0 Å². The third-order valence-corrected chi connectivity index (χ3v) is 3.02. The molecule has 4 heteroatoms. The maximum absolute atomic E-state index is 4.21. The van der Waals surface area contributed by atoms with Crippen LogP contribution in [0.15, 0.2) is 79.3 Å². The molecule has 0 aliphatic heterocycles. The lowest BCUT2D eigenvalue weighted by molar-refractivity contribution is 1.17. The van der Waals surface area contributed by atoms with Crippen LogP contribution < -0.4 is 10.6 Å². The maximum atomic E-state index is 4.21. The number of para-hydroxylation sites is 1. The Morgan fingerprint density at radius 1 is 0.773 bits per heavy atom. The van der Waals surface area contributed by atoms with Crippen LogP contribution >= 0.6 is 0 Å². The van der Waals surface area contributed by atoms with Crippen molar-refractivity contribution >= 4 is 23.4 Å². The summed E-state index contributed by atoms with van der Waals surface area (Å²) in [6.45, 7) is 0. The van der Waals surface area contributed by atoms with Gasteiger partial charge in [-0.1, -0.05) is 48.5 Å². The topological polar surface area (TPSA) is 49.8 Å². The minimum atomic E-state index is 0.737. The smallest absolute Gasteiger partial charge is 0.135 e. The molecule has 0 bridgehead atoms. The number of nitrogens with zero attached hydrogens (tertiary/aromatic N) is 2. The van der Waals surface area contributed by atoms with Crippen molar-refractivity contribution in [3.05, 3.63) is 84.8 Å². The normalized spacial score (nSPS) is 10.5. The van der Waals surface area contributed by atoms with Gasteiger partial charge in [0.15, 0.2) is 0 Å². The average molecular weight is 288 g/mol. The number of anilines is 3. The summed E-state index contributed by atoms with van der Waals surface area (Å²) < 4.78 is 0. The highest BCUT2D eigenvalue weighted by Gasteiger charge is 1.97. The third-order valence-electron chi connectivity index (χ3n) is 3.02. The van der Waals surface area contributed by atoms with Gasteiger partial charge >= 0.3 is 0 Å². The van der Waals surface area contributed by atoms with E-state index in [0.29, 0.717) is 0 Å². The monoisotopic (exact) mass is 288 g/mol. The van der Waals surface area contributed by atoms with Gasteiger partial charge in [0, 0.05) is 18.0 Å². The van der Waals surface area contributed by atoms with Crippen molar-refractivity contribution in [3.8, 4) is 0 Å². The van der Waals surface area contributed by atoms with Crippen molar-refractivity contribution in [1.29, 1.82) is 0 Å². The molecule has 4 nitrogen and oxygen atoms in total. The van der Waals surface area contributed by atoms with Crippen molar-refractivity contribution in [2.75, 3.05) is 10.6 Å². The molecule has 0 aliphatic rings. The van der Waals surface area contributed by atoms with E-state index in [1.165, 1.54) is 6.33 Å². The number of nitrogens with one attached hydrogen (secondary N) is 2. The molecule has 0 saturated carbocycles. The Kier molecular flexibility index (Phi) is 4.42. The van der Waals surface area contributed by atoms with Crippen LogP contribution in [0.3, 0.4) is 0 Å². The molecule has 3 rings (SSSR count). The van der Waals surface area contributed by atoms with E-state index in [2.05, 4.69) is 20.6 Å². The first kappa shape index (κ1) is 13.8. The first-order valence-electron chi connectivity index (χ1n) is 7.02. The molecule has 0 atom stereocenters. The summed E-state index contributed by atoms with van der Waals surface area (Å²) in [5, 5.41) is 6.38. The Morgan fingerprint density at radius 3 is 2.23 bits per heavy atom. The van der Waals surface area contributed by atoms with Crippen LogP contribution in [0.5, 0.6) is 0 Å². The van der Waals surface area contributed by atoms with Crippen LogP contribution in [0.1, 0.15) is 5.56 Å². The number of hydrogen-bond acceptors (Lipinski definition) is 4. The molecule has 1 aromatic heterocycles. The standard InChI is InChI=1S/C18H16N4/c1-3-7-15(8-4-1)11-12-19-17-13-18(21-14-20-17)22-16-9-5-2-6-10-16/h1-14H,(H2,19,20,21,22)/b12-11+. The molecule has 108 valence electrons. The molecule has 3 aromatic rings. The zero-order chi connectivity index (χ0) is 15.0. The first-order valence-corrected chi connectivity index (χ1v) is 7.02. The molecule has 2 aromatic carbocycles. The van der Waals surface area contributed by atoms with Crippen molar-refractivity contribution < 1.29 is 0 Å². The van der Waals surface area contributed by atoms with Gasteiger partial charge in [-0.05, 0) is 23.8 Å². The van der Waals surface area contributed by atoms with Gasteiger partial charge in [0.2, 0.25) is 0 Å². The second-order valence-electron chi connectivity index (χ2n) is 4.67. The van der Waals surface area contributed by atoms with Gasteiger partial charge in [0.25, 0.3) is 0 Å². The molecular weight excluding hydrogens is 272 g/mol. The molecule has 0 radical (unpaired) electrons. The second kappa shape index (κ2) is 7.04. The van der Waals surface area contributed by atoms with Crippen LogP contribution in [0.4, 0.5) is 17.3 Å². The molecule has 0 aliphatic carbocycles. The molecular formula is C18H16N4. The molecule has 1 heterocycles. The Morgan fingerprint density at radius 2 is 1.45 bits per heavy atom. The van der Waals surface area contributed by atoms with Crippen LogP contribution in [0.25, 0.3) is 6.08 Å². The van der Waals surface area contributed by atoms with Crippen molar-refractivity contribution in [1.82, 2.24) is 9.97 Å². The molecule has 0 unspecified atom stereocenters. The van der Waals surface area contributed by atoms with E-state index in [9.17, 15) is 0 Å². The molecule has 0 saturated heterocycles. The Labute approximate surface area is 129 Å². The summed E-state index contributed by atoms with van der Waals surface area (Å²) in [6, 6.07) is 21.9. The van der Waals surface area contributed by atoms with Crippen LogP contribution in [0, 0.1) is 0 Å². The lowest BCUT2D eigenvalue weighted by Crippen LogP contribution is -1.97. The van der Waals surface area contributed by atoms with Gasteiger partial charge in [-0.2, -0.15) is 0 Å². The highest BCUT2D eigenvalue weighted by atomic mass is 15.1. The Bertz CT molecular complexity index is 739. The van der Waals surface area contributed by atoms with E-state index in [0.717, 1.165) is 22.9 Å². The Hall–Kier alpha value is -3.14. The lowest BCUT2D eigenvalue weighted by Gasteiger charge is -2.06. The summed E-state index contributed by atoms with van der Waals surface area (Å²) in [6.07, 6.45) is 5.39. The third kappa shape index (κ3) is 3.93. The first-order chi connectivity index (χ1) is 10.9. The van der Waals surface area contributed by atoms with E-state index >= 15 is 0 Å². The minimum Gasteiger partial charge on any atom is -0.346 e. The van der Waals surface area contributed by atoms with Crippen LogP contribution in [0.2, 0.25) is 0 Å². The highest BCUT2D eigenvalue weighted by molar-refractivity contribution is 5.60. The van der Waals surface area contributed by atoms with Crippen molar-refractivity contribution in [2.24, 2.45) is 0 Å². The summed E-state index contributed by atoms with van der Waals surface area (Å²) in [4.78, 5) is 8.41. The molecule has 0 amide bonds. The SMILES string of the molecule is C(=C\c1ccccc1)/Nc1cc(Nc2ccccc2)ncn1. The summed E-state index contributed by atoms with van der Waals surface area (Å²) >= 11 is 0. The number of hydrogen-bond donors (Lipinski definition) is 2. The van der Waals surface area contributed by atoms with Gasteiger partial charge in [-0.3, -0.25) is 0 Å². The van der Waals surface area contributed by atoms with E-state index in [-0.39, 0.29) is 0 Å². The maximum Gasteiger partial charge on any atom is 0.135 e. The summed E-state index contributed by atoms with van der Waals surface area (Å²) in [5.41, 5.74) is 2.12. The fourth-order valence-electron chi connectivity index (χ4n) is 1.96. The predicted molar refractivity (Wildman–Crippen MR) is 90.9 cm³/mol. The van der Waals surface area contributed by atoms with Crippen LogP contribution in [-0.2, 0) is 0 Å². The van der Waals surface area contributed by atoms with Crippen molar-refractivity contribution in [3.63, 3.8) is 0 Å². The van der Waals surface area contributed by atoms with Gasteiger partial charge in [0.1, 0.15) is 18.0 Å². The predicted octanol–water partition coefficient (Wildman–Crippen LogP) is 4.30. The largest absolute Gasteiger partial charge is 0.346 e. The summed E-state index contributed by atoms with van der Waals surface area (Å²) in [7, 11) is 0. The van der Waals surface area contributed by atoms with Gasteiger partial charge in [0.05, 0.1) is 0 Å². The number of aromatic nitrogens is 2. The zero-order valence-corrected chi connectivity index (χ0v) is 12.0. The second-order valence-corrected chi connectivity index (χ2v) is 4.67.